The average molecular weight is 507 g/mol. The molecule has 0 nitrogen and oxygen atoms in total. The minimum Gasteiger partial charge on any atom is -0.100 e. The lowest BCUT2D eigenvalue weighted by atomic mass is 9.77. The van der Waals surface area contributed by atoms with Crippen molar-refractivity contribution in [2.75, 3.05) is 0 Å². The Kier molecular flexibility index (Phi) is 31.9. The van der Waals surface area contributed by atoms with Crippen LogP contribution in [0.25, 0.3) is 0 Å². The second-order valence-corrected chi connectivity index (χ2v) is 10.5. The molecule has 2 aliphatic rings. The number of hydrogen-bond acceptors (Lipinski definition) is 0. The van der Waals surface area contributed by atoms with Crippen molar-refractivity contribution in [3.63, 3.8) is 0 Å². The van der Waals surface area contributed by atoms with Gasteiger partial charge in [0.25, 0.3) is 0 Å². The van der Waals surface area contributed by atoms with Gasteiger partial charge in [-0.15, -0.1) is 6.58 Å². The lowest BCUT2D eigenvalue weighted by Gasteiger charge is -2.28. The van der Waals surface area contributed by atoms with Crippen molar-refractivity contribution in [3.05, 3.63) is 47.5 Å². The molecule has 0 amide bonds. The van der Waals surface area contributed by atoms with E-state index in [9.17, 15) is 0 Å². The third-order valence-electron chi connectivity index (χ3n) is 7.21. The molecule has 1 aromatic rings. The molecule has 1 aromatic carbocycles. The van der Waals surface area contributed by atoms with Gasteiger partial charge in [0.1, 0.15) is 0 Å². The Balaban J connectivity index is -0.000000185. The van der Waals surface area contributed by atoms with Crippen LogP contribution < -0.4 is 0 Å². The summed E-state index contributed by atoms with van der Waals surface area (Å²) in [6.07, 6.45) is 15.3. The van der Waals surface area contributed by atoms with Gasteiger partial charge >= 0.3 is 0 Å². The van der Waals surface area contributed by atoms with Gasteiger partial charge in [0, 0.05) is 0 Å². The zero-order valence-electron chi connectivity index (χ0n) is 23.5. The molecule has 0 heterocycles. The van der Waals surface area contributed by atoms with Gasteiger partial charge in [0.05, 0.1) is 0 Å². The molecule has 0 aliphatic heterocycles. The van der Waals surface area contributed by atoms with Crippen LogP contribution in [-0.2, 0) is 12.8 Å². The van der Waals surface area contributed by atoms with Crippen molar-refractivity contribution < 1.29 is 0 Å². The standard InChI is InChI=1S/C21H32.C5H12.C4H8.C2H6.4CH4/c1-4-21(12-13-21)17(3)16(2)14-20-7-5-6-19(15-20)11-10-18-8-9-18;1-3-5-4-2;1-4(2)3;1-2;;;;/h5-7,15-18H,4,8-14H2,1-3H3;3-5H2,1-2H3;1H2,2-3H3;1-2H3;4*1H4. The molecule has 0 bridgehead atoms. The van der Waals surface area contributed by atoms with Gasteiger partial charge in [-0.2, -0.15) is 0 Å². The fourth-order valence-corrected chi connectivity index (χ4v) is 4.49. The molecular weight excluding hydrogens is 432 g/mol. The highest BCUT2D eigenvalue weighted by molar-refractivity contribution is 5.24. The molecule has 2 fully saturated rings. The fraction of sp³-hybridized carbons (Fsp3) is 0.778. The summed E-state index contributed by atoms with van der Waals surface area (Å²) in [4.78, 5) is 0. The first-order valence-electron chi connectivity index (χ1n) is 14.0. The summed E-state index contributed by atoms with van der Waals surface area (Å²) in [6.45, 7) is 23.3. The zero-order valence-corrected chi connectivity index (χ0v) is 23.5. The summed E-state index contributed by atoms with van der Waals surface area (Å²) in [7, 11) is 0. The van der Waals surface area contributed by atoms with Crippen molar-refractivity contribution in [1.82, 2.24) is 0 Å². The maximum Gasteiger partial charge on any atom is -0.0250 e. The number of hydrogen-bond donors (Lipinski definition) is 0. The van der Waals surface area contributed by atoms with Crippen LogP contribution in [0.4, 0.5) is 0 Å². The molecule has 2 unspecified atom stereocenters. The average Bonchev–Trinajstić information content (AvgIpc) is 3.69. The molecule has 2 aliphatic carbocycles. The highest BCUT2D eigenvalue weighted by atomic mass is 14.5. The maximum absolute atomic E-state index is 3.56. The minimum absolute atomic E-state index is 0. The van der Waals surface area contributed by atoms with Crippen LogP contribution in [-0.4, -0.2) is 0 Å². The number of aryl methyl sites for hydroxylation is 1. The first-order valence-corrected chi connectivity index (χ1v) is 14.0. The van der Waals surface area contributed by atoms with Crippen LogP contribution in [0.15, 0.2) is 36.4 Å². The van der Waals surface area contributed by atoms with Crippen molar-refractivity contribution in [3.8, 4) is 0 Å². The van der Waals surface area contributed by atoms with Crippen molar-refractivity contribution >= 4 is 0 Å². The quantitative estimate of drug-likeness (QED) is 0.277. The summed E-state index contributed by atoms with van der Waals surface area (Å²) in [5, 5.41) is 0. The van der Waals surface area contributed by atoms with Gasteiger partial charge in [0.2, 0.25) is 0 Å². The van der Waals surface area contributed by atoms with E-state index in [1.54, 1.807) is 11.1 Å². The number of allylic oxidation sites excluding steroid dienone is 1. The van der Waals surface area contributed by atoms with E-state index in [1.165, 1.54) is 76.2 Å². The van der Waals surface area contributed by atoms with Crippen molar-refractivity contribution in [1.29, 1.82) is 0 Å². The van der Waals surface area contributed by atoms with Crippen molar-refractivity contribution in [2.45, 2.75) is 163 Å². The Labute approximate surface area is 233 Å². The van der Waals surface area contributed by atoms with Crippen LogP contribution in [0.3, 0.4) is 0 Å². The van der Waals surface area contributed by atoms with Gasteiger partial charge in [-0.3, -0.25) is 0 Å². The molecule has 2 saturated carbocycles. The van der Waals surface area contributed by atoms with Gasteiger partial charge in [0.15, 0.2) is 0 Å². The predicted molar refractivity (Wildman–Crippen MR) is 175 cm³/mol. The normalized spacial score (nSPS) is 15.4. The molecule has 3 rings (SSSR count). The minimum atomic E-state index is 0. The van der Waals surface area contributed by atoms with Crippen LogP contribution >= 0.6 is 0 Å². The monoisotopic (exact) mass is 507 g/mol. The first-order chi connectivity index (χ1) is 15.3. The van der Waals surface area contributed by atoms with Gasteiger partial charge in [-0.1, -0.05) is 147 Å². The molecule has 0 heteroatoms. The molecule has 0 aromatic heterocycles. The van der Waals surface area contributed by atoms with E-state index < -0.39 is 0 Å². The van der Waals surface area contributed by atoms with Gasteiger partial charge in [-0.25, -0.2) is 0 Å². The molecule has 36 heavy (non-hydrogen) atoms. The SMILES string of the molecule is C.C.C.C.C=C(C)C.CC.CCC1(C(C)C(C)Cc2cccc(CCC3CC3)c2)CC1.CCCCC. The summed E-state index contributed by atoms with van der Waals surface area (Å²) >= 11 is 0. The van der Waals surface area contributed by atoms with E-state index >= 15 is 0 Å². The van der Waals surface area contributed by atoms with E-state index in [0.29, 0.717) is 5.41 Å². The number of benzene rings is 1. The molecule has 0 N–H and O–H groups in total. The summed E-state index contributed by atoms with van der Waals surface area (Å²) in [5.41, 5.74) is 4.99. The molecule has 2 atom stereocenters. The Morgan fingerprint density at radius 3 is 1.75 bits per heavy atom. The Morgan fingerprint density at radius 2 is 1.39 bits per heavy atom. The zero-order chi connectivity index (χ0) is 24.6. The Morgan fingerprint density at radius 1 is 0.917 bits per heavy atom. The largest absolute Gasteiger partial charge is 0.100 e. The maximum atomic E-state index is 3.56. The van der Waals surface area contributed by atoms with E-state index in [-0.39, 0.29) is 29.7 Å². The molecular formula is C36H74. The molecule has 0 saturated heterocycles. The van der Waals surface area contributed by atoms with Crippen LogP contribution in [0, 0.1) is 23.2 Å². The molecule has 0 radical (unpaired) electrons. The second kappa shape index (κ2) is 25.6. The Hall–Kier alpha value is -1.04. The second-order valence-electron chi connectivity index (χ2n) is 10.5. The summed E-state index contributed by atoms with van der Waals surface area (Å²) in [5.74, 6) is 2.73. The van der Waals surface area contributed by atoms with E-state index in [4.69, 9.17) is 0 Å². The molecule has 218 valence electrons. The number of rotatable bonds is 10. The molecule has 0 spiro atoms. The fourth-order valence-electron chi connectivity index (χ4n) is 4.49. The van der Waals surface area contributed by atoms with E-state index in [1.807, 2.05) is 27.7 Å². The number of unbranched alkanes of at least 4 members (excludes halogenated alkanes) is 2. The summed E-state index contributed by atoms with van der Waals surface area (Å²) in [6, 6.07) is 9.43. The predicted octanol–water partition coefficient (Wildman–Crippen LogP) is 13.4. The highest BCUT2D eigenvalue weighted by Crippen LogP contribution is 2.57. The van der Waals surface area contributed by atoms with Gasteiger partial charge in [-0.05, 0) is 80.2 Å². The topological polar surface area (TPSA) is 0 Å². The van der Waals surface area contributed by atoms with Crippen LogP contribution in [0.1, 0.15) is 161 Å². The third-order valence-corrected chi connectivity index (χ3v) is 7.21. The lowest BCUT2D eigenvalue weighted by molar-refractivity contribution is 0.231. The Bertz CT molecular complexity index is 582. The van der Waals surface area contributed by atoms with Crippen molar-refractivity contribution in [2.24, 2.45) is 23.2 Å². The van der Waals surface area contributed by atoms with Crippen LogP contribution in [0.2, 0.25) is 0 Å². The lowest BCUT2D eigenvalue weighted by Crippen LogP contribution is -2.21. The van der Waals surface area contributed by atoms with E-state index in [0.717, 1.165) is 17.8 Å². The van der Waals surface area contributed by atoms with E-state index in [2.05, 4.69) is 65.5 Å². The smallest absolute Gasteiger partial charge is 0.0250 e. The van der Waals surface area contributed by atoms with Gasteiger partial charge < -0.3 is 0 Å². The first kappa shape index (κ1) is 44.9. The van der Waals surface area contributed by atoms with Crippen LogP contribution in [0.5, 0.6) is 0 Å². The highest BCUT2D eigenvalue weighted by Gasteiger charge is 2.46. The summed E-state index contributed by atoms with van der Waals surface area (Å²) < 4.78 is 0. The third kappa shape index (κ3) is 20.1.